The molecule has 2 aromatic rings. The number of alkyl halides is 3. The number of anilines is 1. The lowest BCUT2D eigenvalue weighted by atomic mass is 10.0. The Labute approximate surface area is 149 Å². The molecule has 0 saturated carbocycles. The maximum absolute atomic E-state index is 13.8. The number of carbonyl (C=O) groups excluding carboxylic acids is 1. The number of nitrogens with one attached hydrogen (secondary N) is 1. The number of nitrogens with zero attached hydrogens (tertiary/aromatic N) is 1. The average Bonchev–Trinajstić information content (AvgIpc) is 3.07. The smallest absolute Gasteiger partial charge is 0.404 e. The number of ether oxygens (including phenoxy) is 1. The highest BCUT2D eigenvalue weighted by atomic mass is 19.4. The van der Waals surface area contributed by atoms with E-state index in [1.165, 1.54) is 18.2 Å². The van der Waals surface area contributed by atoms with Gasteiger partial charge in [0, 0.05) is 12.0 Å². The van der Waals surface area contributed by atoms with Crippen molar-refractivity contribution in [2.75, 3.05) is 5.32 Å². The third-order valence-electron chi connectivity index (χ3n) is 3.57. The molecule has 3 rings (SSSR count). The van der Waals surface area contributed by atoms with Crippen molar-refractivity contribution in [3.63, 3.8) is 0 Å². The Kier molecular flexibility index (Phi) is 4.98. The zero-order valence-corrected chi connectivity index (χ0v) is 13.4. The summed E-state index contributed by atoms with van der Waals surface area (Å²) in [4.78, 5) is 17.2. The number of hydrogen-bond donors (Lipinski definition) is 1. The number of benzene rings is 2. The van der Waals surface area contributed by atoms with Crippen molar-refractivity contribution in [1.82, 2.24) is 0 Å². The maximum atomic E-state index is 13.8. The molecule has 0 aliphatic carbocycles. The van der Waals surface area contributed by atoms with Crippen LogP contribution in [0.1, 0.15) is 12.0 Å². The number of para-hydroxylation sites is 2. The Morgan fingerprint density at radius 2 is 1.93 bits per heavy atom. The summed E-state index contributed by atoms with van der Waals surface area (Å²) < 4.78 is 68.2. The van der Waals surface area contributed by atoms with Gasteiger partial charge in [-0.15, -0.1) is 13.2 Å². The van der Waals surface area contributed by atoms with E-state index in [2.05, 4.69) is 15.2 Å². The summed E-state index contributed by atoms with van der Waals surface area (Å²) in [6.45, 7) is 0. The normalized spacial score (nSPS) is 16.5. The highest BCUT2D eigenvalue weighted by Gasteiger charge is 2.34. The topological polar surface area (TPSA) is 59.9 Å². The molecule has 5 nitrogen and oxygen atoms in total. The summed E-state index contributed by atoms with van der Waals surface area (Å²) in [5, 5.41) is 5.81. The van der Waals surface area contributed by atoms with Crippen LogP contribution < -0.4 is 10.1 Å². The third kappa shape index (κ3) is 4.52. The molecule has 1 heterocycles. The fourth-order valence-electron chi connectivity index (χ4n) is 2.39. The standard InChI is InChI=1S/C17H11F5N2O3/c18-9-5-6-11(19)10(7-9)13-8-15(27-24-13)16(25)23-12-3-1-2-4-14(12)26-17(20,21)22/h1-7,15H,8H2,(H,23,25). The molecule has 0 bridgehead atoms. The molecule has 27 heavy (non-hydrogen) atoms. The van der Waals surface area contributed by atoms with E-state index < -0.39 is 35.8 Å². The molecule has 1 N–H and O–H groups in total. The summed E-state index contributed by atoms with van der Waals surface area (Å²) in [7, 11) is 0. The van der Waals surface area contributed by atoms with Crippen LogP contribution in [0.25, 0.3) is 0 Å². The number of carbonyl (C=O) groups is 1. The second-order valence-corrected chi connectivity index (χ2v) is 5.49. The lowest BCUT2D eigenvalue weighted by molar-refractivity contribution is -0.274. The van der Waals surface area contributed by atoms with E-state index in [1.54, 1.807) is 0 Å². The zero-order chi connectivity index (χ0) is 19.6. The van der Waals surface area contributed by atoms with Crippen molar-refractivity contribution in [1.29, 1.82) is 0 Å². The maximum Gasteiger partial charge on any atom is 0.573 e. The van der Waals surface area contributed by atoms with Crippen LogP contribution >= 0.6 is 0 Å². The van der Waals surface area contributed by atoms with Crippen LogP contribution in [0, 0.1) is 11.6 Å². The molecule has 1 aliphatic rings. The van der Waals surface area contributed by atoms with Crippen LogP contribution in [0.15, 0.2) is 47.6 Å². The molecule has 1 aliphatic heterocycles. The Balaban J connectivity index is 1.70. The molecule has 10 heteroatoms. The molecule has 2 aromatic carbocycles. The van der Waals surface area contributed by atoms with E-state index in [4.69, 9.17) is 4.84 Å². The van der Waals surface area contributed by atoms with Gasteiger partial charge in [0.15, 0.2) is 5.75 Å². The quantitative estimate of drug-likeness (QED) is 0.809. The van der Waals surface area contributed by atoms with Gasteiger partial charge in [0.25, 0.3) is 5.91 Å². The van der Waals surface area contributed by atoms with Gasteiger partial charge < -0.3 is 14.9 Å². The molecule has 0 saturated heterocycles. The highest BCUT2D eigenvalue weighted by Crippen LogP contribution is 2.30. The number of halogens is 5. The number of amides is 1. The zero-order valence-electron chi connectivity index (χ0n) is 13.4. The SMILES string of the molecule is O=C(Nc1ccccc1OC(F)(F)F)C1CC(c2cc(F)ccc2F)=NO1. The van der Waals surface area contributed by atoms with Crippen molar-refractivity contribution in [2.45, 2.75) is 18.9 Å². The van der Waals surface area contributed by atoms with Crippen LogP contribution in [-0.4, -0.2) is 24.1 Å². The van der Waals surface area contributed by atoms with Gasteiger partial charge in [-0.25, -0.2) is 8.78 Å². The summed E-state index contributed by atoms with van der Waals surface area (Å²) in [6, 6.07) is 7.69. The second-order valence-electron chi connectivity index (χ2n) is 5.49. The summed E-state index contributed by atoms with van der Waals surface area (Å²) in [6.07, 6.45) is -6.34. The predicted molar refractivity (Wildman–Crippen MR) is 84.1 cm³/mol. The lowest BCUT2D eigenvalue weighted by Gasteiger charge is -2.15. The minimum absolute atomic E-state index is 0.00646. The Morgan fingerprint density at radius 3 is 2.67 bits per heavy atom. The third-order valence-corrected chi connectivity index (χ3v) is 3.57. The molecule has 0 aromatic heterocycles. The van der Waals surface area contributed by atoms with Crippen LogP contribution in [0.3, 0.4) is 0 Å². The summed E-state index contributed by atoms with van der Waals surface area (Å²) in [5.74, 6) is -2.86. The summed E-state index contributed by atoms with van der Waals surface area (Å²) >= 11 is 0. The van der Waals surface area contributed by atoms with Crippen molar-refractivity contribution >= 4 is 17.3 Å². The van der Waals surface area contributed by atoms with E-state index in [0.29, 0.717) is 0 Å². The molecule has 0 fully saturated rings. The fourth-order valence-corrected chi connectivity index (χ4v) is 2.39. The molecule has 0 spiro atoms. The van der Waals surface area contributed by atoms with E-state index >= 15 is 0 Å². The predicted octanol–water partition coefficient (Wildman–Crippen LogP) is 4.00. The number of oxime groups is 1. The molecule has 142 valence electrons. The van der Waals surface area contributed by atoms with Crippen molar-refractivity contribution in [3.05, 3.63) is 59.7 Å². The molecular weight excluding hydrogens is 375 g/mol. The van der Waals surface area contributed by atoms with Gasteiger partial charge in [-0.1, -0.05) is 17.3 Å². The van der Waals surface area contributed by atoms with Gasteiger partial charge in [0.2, 0.25) is 6.10 Å². The first-order chi connectivity index (χ1) is 12.7. The highest BCUT2D eigenvalue weighted by molar-refractivity contribution is 6.06. The molecule has 1 atom stereocenters. The summed E-state index contributed by atoms with van der Waals surface area (Å²) in [5.41, 5.74) is -0.383. The Bertz CT molecular complexity index is 898. The van der Waals surface area contributed by atoms with E-state index in [-0.39, 0.29) is 23.4 Å². The van der Waals surface area contributed by atoms with Crippen molar-refractivity contribution in [3.8, 4) is 5.75 Å². The molecule has 1 unspecified atom stereocenters. The first-order valence-electron chi connectivity index (χ1n) is 7.57. The van der Waals surface area contributed by atoms with Gasteiger partial charge in [-0.2, -0.15) is 0 Å². The Morgan fingerprint density at radius 1 is 1.19 bits per heavy atom. The van der Waals surface area contributed by atoms with Gasteiger partial charge in [0.05, 0.1) is 11.4 Å². The van der Waals surface area contributed by atoms with Crippen LogP contribution in [0.4, 0.5) is 27.6 Å². The van der Waals surface area contributed by atoms with Gasteiger partial charge >= 0.3 is 6.36 Å². The number of hydrogen-bond acceptors (Lipinski definition) is 4. The van der Waals surface area contributed by atoms with Crippen LogP contribution in [-0.2, 0) is 9.63 Å². The van der Waals surface area contributed by atoms with Gasteiger partial charge in [-0.3, -0.25) is 4.79 Å². The van der Waals surface area contributed by atoms with Gasteiger partial charge in [-0.05, 0) is 30.3 Å². The first kappa shape index (κ1) is 18.6. The number of rotatable bonds is 4. The van der Waals surface area contributed by atoms with E-state index in [9.17, 15) is 26.7 Å². The van der Waals surface area contributed by atoms with E-state index in [0.717, 1.165) is 24.3 Å². The molecule has 0 radical (unpaired) electrons. The molecular formula is C17H11F5N2O3. The lowest BCUT2D eigenvalue weighted by Crippen LogP contribution is -2.28. The minimum Gasteiger partial charge on any atom is -0.404 e. The van der Waals surface area contributed by atoms with Crippen molar-refractivity contribution < 1.29 is 36.3 Å². The largest absolute Gasteiger partial charge is 0.573 e. The first-order valence-corrected chi connectivity index (χ1v) is 7.57. The van der Waals surface area contributed by atoms with Crippen molar-refractivity contribution in [2.24, 2.45) is 5.16 Å². The van der Waals surface area contributed by atoms with Crippen LogP contribution in [0.2, 0.25) is 0 Å². The van der Waals surface area contributed by atoms with Gasteiger partial charge in [0.1, 0.15) is 11.6 Å². The monoisotopic (exact) mass is 386 g/mol. The van der Waals surface area contributed by atoms with Crippen LogP contribution in [0.5, 0.6) is 5.75 Å². The second kappa shape index (κ2) is 7.22. The minimum atomic E-state index is -4.93. The fraction of sp³-hybridized carbons (Fsp3) is 0.176. The Hall–Kier alpha value is -3.17. The van der Waals surface area contributed by atoms with E-state index in [1.807, 2.05) is 0 Å². The average molecular weight is 386 g/mol. The molecule has 1 amide bonds.